The molecule has 0 radical (unpaired) electrons. The first-order chi connectivity index (χ1) is 6.18. The molecule has 1 fully saturated rings. The van der Waals surface area contributed by atoms with E-state index in [0.717, 1.165) is 17.4 Å². The van der Waals surface area contributed by atoms with Crippen molar-refractivity contribution in [2.45, 2.75) is 25.5 Å². The normalized spacial score (nSPS) is 18.8. The summed E-state index contributed by atoms with van der Waals surface area (Å²) in [7, 11) is 0. The number of rotatable bonds is 3. The summed E-state index contributed by atoms with van der Waals surface area (Å²) in [5.74, 6) is 0.265. The number of H-pyrrole nitrogens is 2. The summed E-state index contributed by atoms with van der Waals surface area (Å²) in [5, 5.41) is 13.8. The topological polar surface area (TPSA) is 90.9 Å². The molecule has 1 atom stereocenters. The maximum absolute atomic E-state index is 11.0. The molecule has 1 unspecified atom stereocenters. The molecule has 1 heterocycles. The second-order valence-corrected chi connectivity index (χ2v) is 3.38. The second-order valence-electron chi connectivity index (χ2n) is 3.38. The molecule has 72 valence electrons. The number of aliphatic hydroxyl groups excluding tert-OH is 1. The Morgan fingerprint density at radius 2 is 1.92 bits per heavy atom. The lowest BCUT2D eigenvalue weighted by atomic mass is 10.2. The second kappa shape index (κ2) is 2.88. The third kappa shape index (κ3) is 1.57. The summed E-state index contributed by atoms with van der Waals surface area (Å²) < 4.78 is 0.975. The molecular weight excluding hydrogens is 174 g/mol. The maximum Gasteiger partial charge on any atom is 0.344 e. The van der Waals surface area contributed by atoms with Crippen LogP contribution >= 0.6 is 0 Å². The van der Waals surface area contributed by atoms with Crippen LogP contribution < -0.4 is 11.4 Å². The molecule has 1 aromatic heterocycles. The molecule has 1 aromatic rings. The molecule has 0 amide bonds. The zero-order chi connectivity index (χ0) is 9.42. The number of hydrogen-bond donors (Lipinski definition) is 3. The van der Waals surface area contributed by atoms with E-state index in [1.54, 1.807) is 0 Å². The minimum absolute atomic E-state index is 0.0856. The van der Waals surface area contributed by atoms with Gasteiger partial charge in [-0.25, -0.2) is 24.4 Å². The van der Waals surface area contributed by atoms with Gasteiger partial charge >= 0.3 is 11.4 Å². The van der Waals surface area contributed by atoms with E-state index >= 15 is 0 Å². The van der Waals surface area contributed by atoms with E-state index < -0.39 is 17.5 Å². The van der Waals surface area contributed by atoms with E-state index in [-0.39, 0.29) is 12.5 Å². The van der Waals surface area contributed by atoms with Crippen molar-refractivity contribution in [3.8, 4) is 0 Å². The minimum atomic E-state index is -0.574. The fourth-order valence-corrected chi connectivity index (χ4v) is 1.32. The molecule has 6 nitrogen and oxygen atoms in total. The van der Waals surface area contributed by atoms with Gasteiger partial charge in [0.25, 0.3) is 0 Å². The molecule has 0 saturated heterocycles. The smallest absolute Gasteiger partial charge is 0.344 e. The summed E-state index contributed by atoms with van der Waals surface area (Å²) in [6.07, 6.45) is 1.39. The Kier molecular flexibility index (Phi) is 1.84. The van der Waals surface area contributed by atoms with Crippen LogP contribution in [0, 0.1) is 5.92 Å². The van der Waals surface area contributed by atoms with E-state index in [1.807, 2.05) is 0 Å². The van der Waals surface area contributed by atoms with Gasteiger partial charge in [0.05, 0.1) is 12.6 Å². The number of hydrogen-bond acceptors (Lipinski definition) is 3. The molecule has 1 saturated carbocycles. The van der Waals surface area contributed by atoms with Gasteiger partial charge in [0, 0.05) is 0 Å². The van der Waals surface area contributed by atoms with Gasteiger partial charge in [0.15, 0.2) is 0 Å². The lowest BCUT2D eigenvalue weighted by Gasteiger charge is -2.06. The third-order valence-corrected chi connectivity index (χ3v) is 2.30. The highest BCUT2D eigenvalue weighted by molar-refractivity contribution is 4.82. The number of nitrogens with one attached hydrogen (secondary N) is 2. The third-order valence-electron chi connectivity index (χ3n) is 2.30. The molecule has 2 rings (SSSR count). The van der Waals surface area contributed by atoms with Crippen molar-refractivity contribution in [3.63, 3.8) is 0 Å². The average molecular weight is 185 g/mol. The Morgan fingerprint density at radius 3 is 2.38 bits per heavy atom. The molecule has 0 aromatic carbocycles. The fourth-order valence-electron chi connectivity index (χ4n) is 1.32. The minimum Gasteiger partial charge on any atom is -0.391 e. The van der Waals surface area contributed by atoms with E-state index in [1.165, 1.54) is 0 Å². The summed E-state index contributed by atoms with van der Waals surface area (Å²) in [6.45, 7) is 0.0856. The molecule has 0 spiro atoms. The summed E-state index contributed by atoms with van der Waals surface area (Å²) >= 11 is 0. The van der Waals surface area contributed by atoms with Gasteiger partial charge in [0.2, 0.25) is 0 Å². The van der Waals surface area contributed by atoms with Crippen LogP contribution in [0.15, 0.2) is 9.59 Å². The van der Waals surface area contributed by atoms with E-state index in [0.29, 0.717) is 0 Å². The highest BCUT2D eigenvalue weighted by atomic mass is 16.3. The van der Waals surface area contributed by atoms with Crippen molar-refractivity contribution < 1.29 is 5.11 Å². The van der Waals surface area contributed by atoms with Crippen LogP contribution in [0.4, 0.5) is 0 Å². The molecule has 1 aliphatic rings. The van der Waals surface area contributed by atoms with Gasteiger partial charge in [-0.2, -0.15) is 0 Å². The van der Waals surface area contributed by atoms with Gasteiger partial charge < -0.3 is 5.11 Å². The predicted molar refractivity (Wildman–Crippen MR) is 44.4 cm³/mol. The number of aromatic amines is 2. The Morgan fingerprint density at radius 1 is 1.38 bits per heavy atom. The van der Waals surface area contributed by atoms with E-state index in [9.17, 15) is 14.7 Å². The summed E-state index contributed by atoms with van der Waals surface area (Å²) in [4.78, 5) is 22.0. The quantitative estimate of drug-likeness (QED) is 0.543. The van der Waals surface area contributed by atoms with Gasteiger partial charge in [-0.1, -0.05) is 0 Å². The molecule has 1 aliphatic carbocycles. The Hall–Kier alpha value is -1.30. The lowest BCUT2D eigenvalue weighted by molar-refractivity contribution is 0.129. The Labute approximate surface area is 73.2 Å². The van der Waals surface area contributed by atoms with Crippen molar-refractivity contribution in [1.29, 1.82) is 0 Å². The average Bonchev–Trinajstić information content (AvgIpc) is 2.88. The van der Waals surface area contributed by atoms with Crippen LogP contribution in [0.25, 0.3) is 0 Å². The standard InChI is InChI=1S/C7H11N3O3/c11-5(4-1-2-4)3-10-6(12)8-9-7(10)13/h4-5,11H,1-3H2,(H,8,12)(H,9,13). The Bertz CT molecular complexity index is 370. The van der Waals surface area contributed by atoms with Crippen molar-refractivity contribution in [1.82, 2.24) is 14.8 Å². The van der Waals surface area contributed by atoms with Gasteiger partial charge in [0.1, 0.15) is 0 Å². The highest BCUT2D eigenvalue weighted by Gasteiger charge is 2.30. The molecule has 0 bridgehead atoms. The highest BCUT2D eigenvalue weighted by Crippen LogP contribution is 2.32. The zero-order valence-electron chi connectivity index (χ0n) is 6.99. The van der Waals surface area contributed by atoms with Crippen molar-refractivity contribution in [3.05, 3.63) is 21.0 Å². The summed E-state index contributed by atoms with van der Waals surface area (Å²) in [6, 6.07) is 0. The van der Waals surface area contributed by atoms with E-state index in [4.69, 9.17) is 0 Å². The van der Waals surface area contributed by atoms with Gasteiger partial charge in [-0.15, -0.1) is 0 Å². The largest absolute Gasteiger partial charge is 0.391 e. The molecule has 13 heavy (non-hydrogen) atoms. The zero-order valence-corrected chi connectivity index (χ0v) is 6.99. The predicted octanol–water partition coefficient (Wildman–Crippen LogP) is -1.36. The Balaban J connectivity index is 2.16. The number of aromatic nitrogens is 3. The van der Waals surface area contributed by atoms with Crippen LogP contribution in [0.2, 0.25) is 0 Å². The molecule has 6 heteroatoms. The summed E-state index contributed by atoms with van der Waals surface area (Å²) in [5.41, 5.74) is -0.991. The van der Waals surface area contributed by atoms with Crippen LogP contribution in [-0.4, -0.2) is 26.0 Å². The molecular formula is C7H11N3O3. The number of nitrogens with zero attached hydrogens (tertiary/aromatic N) is 1. The van der Waals surface area contributed by atoms with Crippen LogP contribution in [0.1, 0.15) is 12.8 Å². The van der Waals surface area contributed by atoms with Crippen LogP contribution in [-0.2, 0) is 6.54 Å². The number of aliphatic hydroxyl groups is 1. The first-order valence-electron chi connectivity index (χ1n) is 4.24. The van der Waals surface area contributed by atoms with Gasteiger partial charge in [-0.05, 0) is 18.8 Å². The van der Waals surface area contributed by atoms with Crippen LogP contribution in [0.5, 0.6) is 0 Å². The van der Waals surface area contributed by atoms with Gasteiger partial charge in [-0.3, -0.25) is 0 Å². The molecule has 0 aliphatic heterocycles. The fraction of sp³-hybridized carbons (Fsp3) is 0.714. The SMILES string of the molecule is O=c1[nH][nH]c(=O)n1CC(O)C1CC1. The van der Waals surface area contributed by atoms with E-state index in [2.05, 4.69) is 10.2 Å². The maximum atomic E-state index is 11.0. The van der Waals surface area contributed by atoms with Crippen molar-refractivity contribution >= 4 is 0 Å². The monoisotopic (exact) mass is 185 g/mol. The first kappa shape index (κ1) is 8.31. The van der Waals surface area contributed by atoms with Crippen LogP contribution in [0.3, 0.4) is 0 Å². The van der Waals surface area contributed by atoms with Crippen molar-refractivity contribution in [2.24, 2.45) is 5.92 Å². The lowest BCUT2D eigenvalue weighted by Crippen LogP contribution is -2.32. The first-order valence-corrected chi connectivity index (χ1v) is 4.24. The van der Waals surface area contributed by atoms with Crippen molar-refractivity contribution in [2.75, 3.05) is 0 Å². The molecule has 3 N–H and O–H groups in total.